The fraction of sp³-hybridized carbons (Fsp3) is 0.600. The van der Waals surface area contributed by atoms with Crippen molar-refractivity contribution in [2.75, 3.05) is 19.6 Å². The van der Waals surface area contributed by atoms with Crippen LogP contribution in [0.5, 0.6) is 0 Å². The van der Waals surface area contributed by atoms with E-state index in [0.717, 1.165) is 43.4 Å². The van der Waals surface area contributed by atoms with Gasteiger partial charge in [-0.15, -0.1) is 11.3 Å². The van der Waals surface area contributed by atoms with E-state index in [1.165, 1.54) is 12.8 Å². The molecular formula is C15H22N4OS. The van der Waals surface area contributed by atoms with Gasteiger partial charge in [0.1, 0.15) is 0 Å². The third-order valence-corrected chi connectivity index (χ3v) is 4.75. The fourth-order valence-corrected chi connectivity index (χ4v) is 3.50. The van der Waals surface area contributed by atoms with Crippen LogP contribution in [-0.4, -0.2) is 40.7 Å². The van der Waals surface area contributed by atoms with Crippen LogP contribution >= 0.6 is 11.3 Å². The molecule has 2 aromatic heterocycles. The number of hydrogen-bond donors (Lipinski definition) is 1. The van der Waals surface area contributed by atoms with Crippen molar-refractivity contribution in [3.63, 3.8) is 0 Å². The molecule has 0 unspecified atom stereocenters. The van der Waals surface area contributed by atoms with Crippen LogP contribution in [0.2, 0.25) is 0 Å². The molecule has 0 atom stereocenters. The van der Waals surface area contributed by atoms with Gasteiger partial charge in [0.2, 0.25) is 11.7 Å². The van der Waals surface area contributed by atoms with E-state index in [9.17, 15) is 0 Å². The largest absolute Gasteiger partial charge is 0.338 e. The molecule has 5 nitrogen and oxygen atoms in total. The Hall–Kier alpha value is -1.24. The Morgan fingerprint density at radius 1 is 1.43 bits per heavy atom. The van der Waals surface area contributed by atoms with Gasteiger partial charge in [0, 0.05) is 6.04 Å². The molecule has 0 aliphatic carbocycles. The highest BCUT2D eigenvalue weighted by Crippen LogP contribution is 2.22. The minimum atomic E-state index is 0.628. The van der Waals surface area contributed by atoms with Crippen molar-refractivity contribution in [1.29, 1.82) is 0 Å². The van der Waals surface area contributed by atoms with Crippen molar-refractivity contribution >= 4 is 11.3 Å². The Morgan fingerprint density at radius 2 is 2.29 bits per heavy atom. The first-order valence-electron chi connectivity index (χ1n) is 7.68. The summed E-state index contributed by atoms with van der Waals surface area (Å²) in [4.78, 5) is 8.10. The molecular weight excluding hydrogens is 284 g/mol. The predicted octanol–water partition coefficient (Wildman–Crippen LogP) is 2.76. The maximum atomic E-state index is 5.44. The quantitative estimate of drug-likeness (QED) is 0.889. The van der Waals surface area contributed by atoms with Crippen LogP contribution in [0.15, 0.2) is 22.0 Å². The van der Waals surface area contributed by atoms with Crippen LogP contribution in [0.4, 0.5) is 0 Å². The van der Waals surface area contributed by atoms with E-state index in [1.807, 2.05) is 17.5 Å². The van der Waals surface area contributed by atoms with Crippen LogP contribution in [0.25, 0.3) is 10.7 Å². The second kappa shape index (κ2) is 7.15. The molecule has 21 heavy (non-hydrogen) atoms. The van der Waals surface area contributed by atoms with Gasteiger partial charge in [-0.2, -0.15) is 4.98 Å². The van der Waals surface area contributed by atoms with E-state index < -0.39 is 0 Å². The van der Waals surface area contributed by atoms with Gasteiger partial charge >= 0.3 is 0 Å². The first-order valence-corrected chi connectivity index (χ1v) is 8.56. The third-order valence-electron chi connectivity index (χ3n) is 3.88. The Balaban J connectivity index is 1.67. The first kappa shape index (κ1) is 14.7. The summed E-state index contributed by atoms with van der Waals surface area (Å²) in [6.45, 7) is 6.28. The summed E-state index contributed by atoms with van der Waals surface area (Å²) < 4.78 is 5.44. The highest BCUT2D eigenvalue weighted by molar-refractivity contribution is 7.13. The van der Waals surface area contributed by atoms with E-state index in [4.69, 9.17) is 4.52 Å². The van der Waals surface area contributed by atoms with E-state index >= 15 is 0 Å². The smallest absolute Gasteiger partial charge is 0.241 e. The topological polar surface area (TPSA) is 54.2 Å². The molecule has 0 radical (unpaired) electrons. The average molecular weight is 306 g/mol. The lowest BCUT2D eigenvalue weighted by Gasteiger charge is -2.33. The zero-order chi connectivity index (χ0) is 14.5. The highest BCUT2D eigenvalue weighted by Gasteiger charge is 2.22. The molecule has 0 bridgehead atoms. The molecule has 0 amide bonds. The molecule has 1 aliphatic heterocycles. The van der Waals surface area contributed by atoms with Crippen LogP contribution in [-0.2, 0) is 6.54 Å². The lowest BCUT2D eigenvalue weighted by molar-refractivity contribution is 0.137. The molecule has 0 saturated carbocycles. The summed E-state index contributed by atoms with van der Waals surface area (Å²) in [6, 6.07) is 4.66. The van der Waals surface area contributed by atoms with Gasteiger partial charge in [-0.1, -0.05) is 18.1 Å². The minimum absolute atomic E-state index is 0.628. The monoisotopic (exact) mass is 306 g/mol. The number of aromatic nitrogens is 2. The molecule has 1 aliphatic rings. The van der Waals surface area contributed by atoms with Crippen LogP contribution in [0.3, 0.4) is 0 Å². The number of nitrogens with zero attached hydrogens (tertiary/aromatic N) is 3. The van der Waals surface area contributed by atoms with Crippen molar-refractivity contribution in [3.05, 3.63) is 23.4 Å². The summed E-state index contributed by atoms with van der Waals surface area (Å²) in [5.41, 5.74) is 0. The van der Waals surface area contributed by atoms with Crippen molar-refractivity contribution in [1.82, 2.24) is 20.4 Å². The summed E-state index contributed by atoms with van der Waals surface area (Å²) >= 11 is 1.64. The zero-order valence-corrected chi connectivity index (χ0v) is 13.2. The Bertz CT molecular complexity index is 534. The number of rotatable bonds is 6. The van der Waals surface area contributed by atoms with Crippen molar-refractivity contribution in [3.8, 4) is 10.7 Å². The molecule has 0 spiro atoms. The van der Waals surface area contributed by atoms with E-state index in [2.05, 4.69) is 27.3 Å². The molecule has 3 rings (SSSR count). The maximum absolute atomic E-state index is 5.44. The second-order valence-electron chi connectivity index (χ2n) is 5.44. The van der Waals surface area contributed by atoms with Crippen LogP contribution < -0.4 is 5.32 Å². The van der Waals surface area contributed by atoms with Crippen molar-refractivity contribution in [2.45, 2.75) is 38.8 Å². The predicted molar refractivity (Wildman–Crippen MR) is 84.2 cm³/mol. The fourth-order valence-electron chi connectivity index (χ4n) is 2.85. The highest BCUT2D eigenvalue weighted by atomic mass is 32.1. The Labute approximate surface area is 129 Å². The molecule has 6 heteroatoms. The van der Waals surface area contributed by atoms with Gasteiger partial charge < -0.3 is 9.84 Å². The summed E-state index contributed by atoms with van der Waals surface area (Å²) in [5, 5.41) is 9.56. The first-order chi connectivity index (χ1) is 10.4. The van der Waals surface area contributed by atoms with E-state index in [1.54, 1.807) is 11.3 Å². The lowest BCUT2D eigenvalue weighted by Crippen LogP contribution is -2.43. The SMILES string of the molecule is CCCN(Cc1nc(-c2cccs2)no1)C1CCNCC1. The van der Waals surface area contributed by atoms with Crippen LogP contribution in [0, 0.1) is 0 Å². The number of piperidine rings is 1. The van der Waals surface area contributed by atoms with Gasteiger partial charge in [0.15, 0.2) is 0 Å². The Morgan fingerprint density at radius 3 is 3.00 bits per heavy atom. The Kier molecular flexibility index (Phi) is 5.00. The number of hydrogen-bond acceptors (Lipinski definition) is 6. The van der Waals surface area contributed by atoms with E-state index in [-0.39, 0.29) is 0 Å². The molecule has 2 aromatic rings. The van der Waals surface area contributed by atoms with Gasteiger partial charge in [-0.05, 0) is 50.3 Å². The molecule has 1 saturated heterocycles. The van der Waals surface area contributed by atoms with Gasteiger partial charge in [0.25, 0.3) is 0 Å². The van der Waals surface area contributed by atoms with Gasteiger partial charge in [-0.25, -0.2) is 0 Å². The number of thiophene rings is 1. The zero-order valence-electron chi connectivity index (χ0n) is 12.4. The summed E-state index contributed by atoms with van der Waals surface area (Å²) in [5.74, 6) is 1.44. The molecule has 3 heterocycles. The number of nitrogens with one attached hydrogen (secondary N) is 1. The van der Waals surface area contributed by atoms with Gasteiger partial charge in [0.05, 0.1) is 11.4 Å². The summed E-state index contributed by atoms with van der Waals surface area (Å²) in [6.07, 6.45) is 3.55. The normalized spacial score (nSPS) is 16.7. The second-order valence-corrected chi connectivity index (χ2v) is 6.39. The molecule has 114 valence electrons. The molecule has 0 aromatic carbocycles. The molecule has 1 fully saturated rings. The van der Waals surface area contributed by atoms with Crippen LogP contribution in [0.1, 0.15) is 32.1 Å². The van der Waals surface area contributed by atoms with Crippen molar-refractivity contribution in [2.24, 2.45) is 0 Å². The molecule has 1 N–H and O–H groups in total. The standard InChI is InChI=1S/C15H22N4OS/c1-2-9-19(12-5-7-16-8-6-12)11-14-17-15(18-20-14)13-4-3-10-21-13/h3-4,10,12,16H,2,5-9,11H2,1H3. The summed E-state index contributed by atoms with van der Waals surface area (Å²) in [7, 11) is 0. The van der Waals surface area contributed by atoms with E-state index in [0.29, 0.717) is 11.9 Å². The average Bonchev–Trinajstić information content (AvgIpc) is 3.19. The van der Waals surface area contributed by atoms with Gasteiger partial charge in [-0.3, -0.25) is 4.90 Å². The minimum Gasteiger partial charge on any atom is -0.338 e. The lowest BCUT2D eigenvalue weighted by atomic mass is 10.0. The van der Waals surface area contributed by atoms with Crippen molar-refractivity contribution < 1.29 is 4.52 Å². The maximum Gasteiger partial charge on any atom is 0.241 e. The third kappa shape index (κ3) is 3.70.